The van der Waals surface area contributed by atoms with Gasteiger partial charge in [-0.2, -0.15) is 0 Å². The van der Waals surface area contributed by atoms with Gasteiger partial charge in [0.25, 0.3) is 21.6 Å². The summed E-state index contributed by atoms with van der Waals surface area (Å²) < 4.78 is 57.0. The molecule has 2 aliphatic carbocycles. The Labute approximate surface area is 384 Å². The Morgan fingerprint density at radius 2 is 1.80 bits per heavy atom. The summed E-state index contributed by atoms with van der Waals surface area (Å²) in [6.45, 7) is 9.72. The second kappa shape index (κ2) is 17.5. The van der Waals surface area contributed by atoms with E-state index in [4.69, 9.17) is 9.47 Å². The second-order valence-corrected chi connectivity index (χ2v) is 21.5. The molecule has 10 rings (SSSR count). The maximum Gasteiger partial charge on any atom is 0.297 e. The predicted molar refractivity (Wildman–Crippen MR) is 250 cm³/mol. The summed E-state index contributed by atoms with van der Waals surface area (Å²) in [6, 6.07) is 18.4. The van der Waals surface area contributed by atoms with Crippen LogP contribution in [-0.4, -0.2) is 72.4 Å². The standard InChI is InChI=1S/C50H58FN7O7S/c1-30(2)37-7-4-5-8-38(37)43-9-6-18-57(43)34-25-50(26-34)16-19-56(20-17-50)33-14-15-39(45(21-33)65-35-22-40-41(51)28-53-48(40)52-27-35)49(59)55-66(62,63)36-23-44(58(60)61)47-46(24-36)64-29-42(54-47)32-12-10-31(3)11-13-32/h4-5,7-8,14-15,21-24,27-28,30-32,34,42-43,54H,6,9-13,16-20,25-26,29H2,1-3H3,(H,52,53)(H,55,59)/t31-,32+,42-,43-/m1/s1. The van der Waals surface area contributed by atoms with Crippen LogP contribution in [0.1, 0.15) is 118 Å². The van der Waals surface area contributed by atoms with Crippen molar-refractivity contribution in [1.82, 2.24) is 19.6 Å². The number of pyridine rings is 1. The number of aromatic amines is 1. The molecule has 0 radical (unpaired) electrons. The van der Waals surface area contributed by atoms with Crippen LogP contribution in [-0.2, 0) is 10.0 Å². The number of nitro benzene ring substituents is 1. The first kappa shape index (κ1) is 44.1. The van der Waals surface area contributed by atoms with Crippen molar-refractivity contribution in [2.75, 3.05) is 36.5 Å². The van der Waals surface area contributed by atoms with Gasteiger partial charge in [0.15, 0.2) is 11.4 Å². The second-order valence-electron chi connectivity index (χ2n) is 19.8. The van der Waals surface area contributed by atoms with Crippen molar-refractivity contribution in [3.05, 3.63) is 106 Å². The molecular formula is C50H58FN7O7S. The smallest absolute Gasteiger partial charge is 0.297 e. The Kier molecular flexibility index (Phi) is 11.7. The normalized spacial score (nSPS) is 23.3. The Hall–Kier alpha value is -5.74. The third kappa shape index (κ3) is 8.46. The number of nitrogens with zero attached hydrogens (tertiary/aromatic N) is 4. The number of sulfonamides is 1. The van der Waals surface area contributed by atoms with E-state index in [0.29, 0.717) is 29.6 Å². The van der Waals surface area contributed by atoms with Crippen LogP contribution in [0.25, 0.3) is 11.0 Å². The molecule has 4 fully saturated rings. The van der Waals surface area contributed by atoms with Gasteiger partial charge >= 0.3 is 0 Å². The predicted octanol–water partition coefficient (Wildman–Crippen LogP) is 10.2. The minimum atomic E-state index is -4.68. The van der Waals surface area contributed by atoms with E-state index in [2.05, 4.69) is 74.8 Å². The highest BCUT2D eigenvalue weighted by Gasteiger charge is 2.50. The number of rotatable bonds is 11. The van der Waals surface area contributed by atoms with Crippen molar-refractivity contribution < 1.29 is 32.0 Å². The van der Waals surface area contributed by atoms with Crippen LogP contribution >= 0.6 is 0 Å². The van der Waals surface area contributed by atoms with Crippen molar-refractivity contribution in [3.63, 3.8) is 0 Å². The molecule has 3 aromatic carbocycles. The number of fused-ring (bicyclic) bond motifs is 2. The van der Waals surface area contributed by atoms with E-state index in [1.165, 1.54) is 67.4 Å². The Bertz CT molecular complexity index is 2770. The summed E-state index contributed by atoms with van der Waals surface area (Å²) in [5.41, 5.74) is 3.86. The lowest BCUT2D eigenvalue weighted by Gasteiger charge is -2.56. The topological polar surface area (TPSA) is 172 Å². The number of amides is 1. The Morgan fingerprint density at radius 1 is 1.03 bits per heavy atom. The Morgan fingerprint density at radius 3 is 2.56 bits per heavy atom. The van der Waals surface area contributed by atoms with Crippen LogP contribution in [0.15, 0.2) is 78.0 Å². The molecule has 1 spiro atoms. The molecule has 3 aliphatic heterocycles. The summed E-state index contributed by atoms with van der Waals surface area (Å²) >= 11 is 0. The maximum atomic E-state index is 14.7. The van der Waals surface area contributed by atoms with Gasteiger partial charge in [0.05, 0.1) is 33.0 Å². The number of nitrogens with one attached hydrogen (secondary N) is 3. The molecule has 5 heterocycles. The monoisotopic (exact) mass is 919 g/mol. The lowest BCUT2D eigenvalue weighted by Crippen LogP contribution is -2.54. The van der Waals surface area contributed by atoms with Gasteiger partial charge in [-0.15, -0.1) is 0 Å². The molecule has 16 heteroatoms. The number of nitro groups is 1. The molecule has 14 nitrogen and oxygen atoms in total. The van der Waals surface area contributed by atoms with E-state index in [0.717, 1.165) is 69.9 Å². The van der Waals surface area contributed by atoms with Crippen molar-refractivity contribution >= 4 is 44.0 Å². The number of carbonyl (C=O) groups is 1. The zero-order valence-corrected chi connectivity index (χ0v) is 38.5. The van der Waals surface area contributed by atoms with Crippen LogP contribution in [0, 0.1) is 33.2 Å². The van der Waals surface area contributed by atoms with E-state index in [1.807, 2.05) is 0 Å². The average molecular weight is 920 g/mol. The highest BCUT2D eigenvalue weighted by Crippen LogP contribution is 2.54. The number of hydrogen-bond donors (Lipinski definition) is 3. The fourth-order valence-corrected chi connectivity index (χ4v) is 12.6. The summed E-state index contributed by atoms with van der Waals surface area (Å²) in [5.74, 6) is 0.0386. The molecule has 2 saturated carbocycles. The van der Waals surface area contributed by atoms with Gasteiger partial charge in [0, 0.05) is 55.3 Å². The molecule has 0 unspecified atom stereocenters. The number of benzene rings is 3. The quantitative estimate of drug-likeness (QED) is 0.0850. The highest BCUT2D eigenvalue weighted by molar-refractivity contribution is 7.90. The number of anilines is 2. The molecule has 0 bridgehead atoms. The van der Waals surface area contributed by atoms with Gasteiger partial charge in [0.2, 0.25) is 0 Å². The zero-order chi connectivity index (χ0) is 45.9. The van der Waals surface area contributed by atoms with E-state index in [9.17, 15) is 27.7 Å². The van der Waals surface area contributed by atoms with E-state index in [-0.39, 0.29) is 57.9 Å². The summed E-state index contributed by atoms with van der Waals surface area (Å²) in [7, 11) is -4.68. The molecule has 3 N–H and O–H groups in total. The number of carbonyl (C=O) groups excluding carboxylic acids is 1. The van der Waals surface area contributed by atoms with Crippen LogP contribution in [0.3, 0.4) is 0 Å². The third-order valence-corrected chi connectivity index (χ3v) is 16.6. The van der Waals surface area contributed by atoms with E-state index in [1.54, 1.807) is 12.1 Å². The molecule has 2 saturated heterocycles. The molecule has 5 aliphatic rings. The van der Waals surface area contributed by atoms with Gasteiger partial charge < -0.3 is 24.7 Å². The third-order valence-electron chi connectivity index (χ3n) is 15.3. The van der Waals surface area contributed by atoms with Gasteiger partial charge in [-0.05, 0) is 110 Å². The van der Waals surface area contributed by atoms with Crippen LogP contribution < -0.4 is 24.4 Å². The number of likely N-dealkylation sites (tertiary alicyclic amines) is 1. The minimum absolute atomic E-state index is 0.0269. The summed E-state index contributed by atoms with van der Waals surface area (Å²) in [4.78, 5) is 37.4. The number of piperidine rings is 1. The van der Waals surface area contributed by atoms with Crippen molar-refractivity contribution in [1.29, 1.82) is 0 Å². The lowest BCUT2D eigenvalue weighted by atomic mass is 9.59. The van der Waals surface area contributed by atoms with Crippen molar-refractivity contribution in [2.45, 2.75) is 114 Å². The minimum Gasteiger partial charge on any atom is -0.489 e. The van der Waals surface area contributed by atoms with Gasteiger partial charge in [-0.25, -0.2) is 22.5 Å². The summed E-state index contributed by atoms with van der Waals surface area (Å²) in [6.07, 6.45) is 13.4. The van der Waals surface area contributed by atoms with Crippen molar-refractivity contribution in [2.24, 2.45) is 17.3 Å². The van der Waals surface area contributed by atoms with E-state index >= 15 is 0 Å². The first-order valence-electron chi connectivity index (χ1n) is 23.6. The highest BCUT2D eigenvalue weighted by atomic mass is 32.2. The van der Waals surface area contributed by atoms with Gasteiger partial charge in [-0.3, -0.25) is 19.8 Å². The maximum absolute atomic E-state index is 14.7. The van der Waals surface area contributed by atoms with Crippen LogP contribution in [0.2, 0.25) is 0 Å². The first-order valence-corrected chi connectivity index (χ1v) is 25.1. The molecule has 5 aromatic rings. The first-order chi connectivity index (χ1) is 31.7. The van der Waals surface area contributed by atoms with Crippen molar-refractivity contribution in [3.8, 4) is 17.2 Å². The van der Waals surface area contributed by atoms with Gasteiger partial charge in [-0.1, -0.05) is 57.9 Å². The average Bonchev–Trinajstić information content (AvgIpc) is 3.94. The number of ether oxygens (including phenoxy) is 2. The van der Waals surface area contributed by atoms with Gasteiger partial charge in [0.1, 0.15) is 29.6 Å². The lowest BCUT2D eigenvalue weighted by molar-refractivity contribution is -0.384. The van der Waals surface area contributed by atoms with E-state index < -0.39 is 37.3 Å². The largest absolute Gasteiger partial charge is 0.489 e. The summed E-state index contributed by atoms with van der Waals surface area (Å²) in [5, 5.41) is 15.9. The fourth-order valence-electron chi connectivity index (χ4n) is 11.6. The molecule has 348 valence electrons. The number of H-pyrrole nitrogens is 1. The SMILES string of the molecule is CC(C)c1ccccc1[C@H]1CCCN1C1CC2(CCN(c3ccc(C(=O)NS(=O)(=O)c4cc5c(c([N+](=O)[O-])c4)N[C@@H]([C@H]4CC[C@@H](C)CC4)CO5)c(Oc4cnc5[nH]cc(F)c5c4)c3)CC2)C1. The zero-order valence-electron chi connectivity index (χ0n) is 37.7. The van der Waals surface area contributed by atoms with Crippen LogP contribution in [0.5, 0.6) is 17.2 Å². The molecule has 1 amide bonds. The Balaban J connectivity index is 0.865. The molecule has 66 heavy (non-hydrogen) atoms. The fraction of sp³-hybridized carbons (Fsp3) is 0.480. The van der Waals surface area contributed by atoms with Crippen LogP contribution in [0.4, 0.5) is 21.5 Å². The molecule has 2 atom stereocenters. The molecule has 2 aromatic heterocycles. The number of aromatic nitrogens is 2. The number of halogens is 1. The number of hydrogen-bond acceptors (Lipinski definition) is 11. The molecular weight excluding hydrogens is 862 g/mol.